The number of likely N-dealkylation sites (tertiary alicyclic amines) is 1. The third-order valence-electron chi connectivity index (χ3n) is 5.19. The highest BCUT2D eigenvalue weighted by atomic mass is 32.1. The van der Waals surface area contributed by atoms with E-state index in [9.17, 15) is 4.79 Å². The molecular weight excluding hydrogens is 372 g/mol. The summed E-state index contributed by atoms with van der Waals surface area (Å²) in [4.78, 5) is 22.5. The van der Waals surface area contributed by atoms with E-state index in [-0.39, 0.29) is 11.7 Å². The monoisotopic (exact) mass is 394 g/mol. The van der Waals surface area contributed by atoms with Crippen LogP contribution in [-0.4, -0.2) is 46.0 Å². The second kappa shape index (κ2) is 7.98. The first-order valence-electron chi connectivity index (χ1n) is 9.32. The van der Waals surface area contributed by atoms with Crippen molar-refractivity contribution in [2.24, 2.45) is 5.92 Å². The van der Waals surface area contributed by atoms with Crippen molar-refractivity contribution < 1.29 is 9.53 Å². The average Bonchev–Trinajstić information content (AvgIpc) is 3.17. The topological polar surface area (TPSA) is 70.2 Å². The number of nitrogens with one attached hydrogen (secondary N) is 2. The highest BCUT2D eigenvalue weighted by molar-refractivity contribution is 7.80. The third kappa shape index (κ3) is 3.71. The molecule has 1 aliphatic rings. The van der Waals surface area contributed by atoms with E-state index in [1.54, 1.807) is 19.5 Å². The summed E-state index contributed by atoms with van der Waals surface area (Å²) in [7, 11) is 1.64. The molecule has 0 amide bonds. The minimum atomic E-state index is 0.00933. The minimum Gasteiger partial charge on any atom is -0.497 e. The van der Waals surface area contributed by atoms with Crippen LogP contribution in [0.1, 0.15) is 23.2 Å². The van der Waals surface area contributed by atoms with E-state index in [4.69, 9.17) is 17.0 Å². The summed E-state index contributed by atoms with van der Waals surface area (Å²) < 4.78 is 5.25. The van der Waals surface area contributed by atoms with Gasteiger partial charge in [-0.2, -0.15) is 0 Å². The molecule has 1 aliphatic heterocycles. The van der Waals surface area contributed by atoms with Gasteiger partial charge < -0.3 is 19.9 Å². The normalized spacial score (nSPS) is 14.8. The van der Waals surface area contributed by atoms with Crippen LogP contribution < -0.4 is 10.1 Å². The van der Waals surface area contributed by atoms with Gasteiger partial charge in [-0.25, -0.2) is 4.98 Å². The van der Waals surface area contributed by atoms with Crippen molar-refractivity contribution in [1.82, 2.24) is 14.9 Å². The van der Waals surface area contributed by atoms with Crippen molar-refractivity contribution >= 4 is 39.8 Å². The molecule has 0 radical (unpaired) electrons. The fourth-order valence-electron chi connectivity index (χ4n) is 3.63. The van der Waals surface area contributed by atoms with Crippen molar-refractivity contribution in [3.05, 3.63) is 54.4 Å². The second-order valence-electron chi connectivity index (χ2n) is 6.89. The summed E-state index contributed by atoms with van der Waals surface area (Å²) in [5.41, 5.74) is 2.39. The third-order valence-corrected chi connectivity index (χ3v) is 5.55. The lowest BCUT2D eigenvalue weighted by Gasteiger charge is -2.33. The van der Waals surface area contributed by atoms with Crippen LogP contribution in [-0.2, 0) is 0 Å². The van der Waals surface area contributed by atoms with E-state index in [1.807, 2.05) is 36.4 Å². The Hall–Kier alpha value is -2.93. The van der Waals surface area contributed by atoms with Crippen LogP contribution in [0.15, 0.2) is 48.8 Å². The second-order valence-corrected chi connectivity index (χ2v) is 7.28. The zero-order valence-corrected chi connectivity index (χ0v) is 16.5. The molecule has 3 heterocycles. The molecule has 1 fully saturated rings. The Kier molecular flexibility index (Phi) is 5.25. The van der Waals surface area contributed by atoms with Gasteiger partial charge in [-0.15, -0.1) is 0 Å². The highest BCUT2D eigenvalue weighted by Gasteiger charge is 2.28. The molecular formula is C21H22N4O2S. The Morgan fingerprint density at radius 2 is 2.11 bits per heavy atom. The Morgan fingerprint density at radius 3 is 2.89 bits per heavy atom. The first kappa shape index (κ1) is 18.4. The Bertz CT molecular complexity index is 1010. The van der Waals surface area contributed by atoms with Gasteiger partial charge >= 0.3 is 0 Å². The number of anilines is 1. The fraction of sp³-hybridized carbons (Fsp3) is 0.286. The first-order chi connectivity index (χ1) is 13.7. The zero-order valence-electron chi connectivity index (χ0n) is 15.6. The van der Waals surface area contributed by atoms with Gasteiger partial charge in [-0.3, -0.25) is 4.79 Å². The standard InChI is InChI=1S/C21H22N4O2S/c1-27-16-5-2-4-15(12-16)24-21(28)25-10-7-14(8-11-25)19(26)18-13-23-20-17(18)6-3-9-22-20/h2-6,9,12-14H,7-8,10-11H2,1H3,(H,22,23)(H,24,28). The number of carbonyl (C=O) groups is 1. The quantitative estimate of drug-likeness (QED) is 0.517. The number of H-pyrrole nitrogens is 1. The summed E-state index contributed by atoms with van der Waals surface area (Å²) in [5, 5.41) is 4.83. The smallest absolute Gasteiger partial charge is 0.173 e. The molecule has 0 bridgehead atoms. The maximum atomic E-state index is 13.0. The number of carbonyl (C=O) groups excluding carboxylic acids is 1. The van der Waals surface area contributed by atoms with Crippen LogP contribution in [0.4, 0.5) is 5.69 Å². The van der Waals surface area contributed by atoms with Gasteiger partial charge in [0.2, 0.25) is 0 Å². The number of nitrogens with zero attached hydrogens (tertiary/aromatic N) is 2. The van der Waals surface area contributed by atoms with Crippen LogP contribution in [0.25, 0.3) is 11.0 Å². The van der Waals surface area contributed by atoms with Crippen molar-refractivity contribution in [2.45, 2.75) is 12.8 Å². The number of benzene rings is 1. The van der Waals surface area contributed by atoms with Crippen LogP contribution in [0.2, 0.25) is 0 Å². The number of ketones is 1. The van der Waals surface area contributed by atoms with Gasteiger partial charge in [0.25, 0.3) is 0 Å². The predicted molar refractivity (Wildman–Crippen MR) is 114 cm³/mol. The minimum absolute atomic E-state index is 0.00933. The van der Waals surface area contributed by atoms with Crippen LogP contribution >= 0.6 is 12.2 Å². The SMILES string of the molecule is COc1cccc(NC(=S)N2CCC(C(=O)c3c[nH]c4ncccc34)CC2)c1. The van der Waals surface area contributed by atoms with E-state index < -0.39 is 0 Å². The lowest BCUT2D eigenvalue weighted by atomic mass is 9.89. The molecule has 0 atom stereocenters. The van der Waals surface area contributed by atoms with Crippen molar-refractivity contribution in [3.63, 3.8) is 0 Å². The van der Waals surface area contributed by atoms with Crippen molar-refractivity contribution in [2.75, 3.05) is 25.5 Å². The molecule has 28 heavy (non-hydrogen) atoms. The number of rotatable bonds is 4. The summed E-state index contributed by atoms with van der Waals surface area (Å²) in [6.07, 6.45) is 5.07. The molecule has 7 heteroatoms. The molecule has 3 aromatic rings. The molecule has 0 aliphatic carbocycles. The summed E-state index contributed by atoms with van der Waals surface area (Å²) in [5.74, 6) is 0.978. The Morgan fingerprint density at radius 1 is 1.29 bits per heavy atom. The number of aromatic nitrogens is 2. The van der Waals surface area contributed by atoms with E-state index in [2.05, 4.69) is 20.2 Å². The summed E-state index contributed by atoms with van der Waals surface area (Å²) in [6, 6.07) is 11.5. The molecule has 0 saturated carbocycles. The molecule has 2 N–H and O–H groups in total. The molecule has 0 unspecified atom stereocenters. The molecule has 1 aromatic carbocycles. The van der Waals surface area contributed by atoms with Gasteiger partial charge in [0.15, 0.2) is 10.9 Å². The van der Waals surface area contributed by atoms with Crippen molar-refractivity contribution in [1.29, 1.82) is 0 Å². The molecule has 2 aromatic heterocycles. The number of aromatic amines is 1. The molecule has 0 spiro atoms. The Labute approximate surface area is 168 Å². The first-order valence-corrected chi connectivity index (χ1v) is 9.73. The highest BCUT2D eigenvalue weighted by Crippen LogP contribution is 2.26. The van der Waals surface area contributed by atoms with Gasteiger partial charge in [0.1, 0.15) is 11.4 Å². The van der Waals surface area contributed by atoms with Crippen LogP contribution in [0.3, 0.4) is 0 Å². The van der Waals surface area contributed by atoms with Crippen molar-refractivity contribution in [3.8, 4) is 5.75 Å². The zero-order chi connectivity index (χ0) is 19.5. The van der Waals surface area contributed by atoms with E-state index in [0.717, 1.165) is 54.0 Å². The molecule has 6 nitrogen and oxygen atoms in total. The number of Topliss-reactive ketones (excluding diaryl/α,β-unsaturated/α-hetero) is 1. The van der Waals surface area contributed by atoms with Gasteiger partial charge in [0.05, 0.1) is 7.11 Å². The van der Waals surface area contributed by atoms with E-state index in [0.29, 0.717) is 5.11 Å². The summed E-state index contributed by atoms with van der Waals surface area (Å²) >= 11 is 5.56. The number of hydrogen-bond donors (Lipinski definition) is 2. The molecule has 4 rings (SSSR count). The maximum Gasteiger partial charge on any atom is 0.173 e. The summed E-state index contributed by atoms with van der Waals surface area (Å²) in [6.45, 7) is 1.51. The lowest BCUT2D eigenvalue weighted by molar-refractivity contribution is 0.0875. The number of piperidine rings is 1. The number of pyridine rings is 1. The Balaban J connectivity index is 1.37. The number of thiocarbonyl (C=S) groups is 1. The van der Waals surface area contributed by atoms with Crippen LogP contribution in [0.5, 0.6) is 5.75 Å². The predicted octanol–water partition coefficient (Wildman–Crippen LogP) is 3.86. The molecule has 144 valence electrons. The number of methoxy groups -OCH3 is 1. The lowest BCUT2D eigenvalue weighted by Crippen LogP contribution is -2.42. The number of hydrogen-bond acceptors (Lipinski definition) is 4. The van der Waals surface area contributed by atoms with E-state index in [1.165, 1.54) is 0 Å². The van der Waals surface area contributed by atoms with Gasteiger partial charge in [-0.1, -0.05) is 6.07 Å². The van der Waals surface area contributed by atoms with Gasteiger partial charge in [-0.05, 0) is 49.3 Å². The maximum absolute atomic E-state index is 13.0. The largest absolute Gasteiger partial charge is 0.497 e. The fourth-order valence-corrected chi connectivity index (χ4v) is 3.93. The number of ether oxygens (including phenoxy) is 1. The van der Waals surface area contributed by atoms with Gasteiger partial charge in [0, 0.05) is 54.1 Å². The average molecular weight is 395 g/mol. The number of fused-ring (bicyclic) bond motifs is 1. The van der Waals surface area contributed by atoms with Crippen LogP contribution in [0, 0.1) is 5.92 Å². The molecule has 1 saturated heterocycles. The van der Waals surface area contributed by atoms with E-state index >= 15 is 0 Å².